The number of thiophene rings is 1. The summed E-state index contributed by atoms with van der Waals surface area (Å²) in [6, 6.07) is 6.11. The second-order valence-corrected chi connectivity index (χ2v) is 6.89. The van der Waals surface area contributed by atoms with E-state index in [9.17, 15) is 13.2 Å². The maximum atomic E-state index is 13.2. The van der Waals surface area contributed by atoms with Crippen LogP contribution >= 0.6 is 11.3 Å². The molecule has 0 fully saturated rings. The molecule has 1 N–H and O–H groups in total. The van der Waals surface area contributed by atoms with Crippen LogP contribution in [0.1, 0.15) is 4.88 Å². The van der Waals surface area contributed by atoms with Gasteiger partial charge in [-0.2, -0.15) is 18.2 Å². The standard InChI is InChI=1S/C18H14F3N5O2S/c1-27-12-4-3-10(7-13(12)28-2)23-15-11-8-14(18(19,20)21)29-16(11)25-17(24-15)26-6-5-22-9-26/h3-9H,1-2H3,(H,23,24,25). The van der Waals surface area contributed by atoms with Gasteiger partial charge in [0.05, 0.1) is 19.6 Å². The fraction of sp³-hybridized carbons (Fsp3) is 0.167. The predicted octanol–water partition coefficient (Wildman–Crippen LogP) is 4.66. The normalized spacial score (nSPS) is 11.6. The van der Waals surface area contributed by atoms with Crippen molar-refractivity contribution in [1.82, 2.24) is 19.5 Å². The molecule has 0 amide bonds. The number of benzene rings is 1. The quantitative estimate of drug-likeness (QED) is 0.505. The number of anilines is 2. The molecule has 0 spiro atoms. The van der Waals surface area contributed by atoms with Crippen molar-refractivity contribution in [3.05, 3.63) is 47.9 Å². The number of nitrogens with zero attached hydrogens (tertiary/aromatic N) is 4. The van der Waals surface area contributed by atoms with E-state index in [2.05, 4.69) is 20.3 Å². The number of ether oxygens (including phenoxy) is 2. The molecule has 0 bridgehead atoms. The predicted molar refractivity (Wildman–Crippen MR) is 102 cm³/mol. The fourth-order valence-electron chi connectivity index (χ4n) is 2.69. The number of imidazole rings is 1. The summed E-state index contributed by atoms with van der Waals surface area (Å²) in [5.74, 6) is 1.44. The Bertz CT molecular complexity index is 1160. The van der Waals surface area contributed by atoms with Gasteiger partial charge in [-0.1, -0.05) is 0 Å². The second kappa shape index (κ2) is 7.24. The molecular formula is C18H14F3N5O2S. The van der Waals surface area contributed by atoms with E-state index < -0.39 is 11.1 Å². The highest BCUT2D eigenvalue weighted by atomic mass is 32.1. The molecule has 0 aliphatic carbocycles. The molecule has 0 saturated heterocycles. The van der Waals surface area contributed by atoms with E-state index in [4.69, 9.17) is 9.47 Å². The molecule has 11 heteroatoms. The summed E-state index contributed by atoms with van der Waals surface area (Å²) < 4.78 is 51.7. The molecule has 0 radical (unpaired) electrons. The van der Waals surface area contributed by atoms with E-state index in [1.54, 1.807) is 24.4 Å². The van der Waals surface area contributed by atoms with Gasteiger partial charge in [0.25, 0.3) is 0 Å². The summed E-state index contributed by atoms with van der Waals surface area (Å²) in [6.45, 7) is 0. The third-order valence-electron chi connectivity index (χ3n) is 4.04. The van der Waals surface area contributed by atoms with Crippen LogP contribution in [0.5, 0.6) is 11.5 Å². The monoisotopic (exact) mass is 421 g/mol. The summed E-state index contributed by atoms with van der Waals surface area (Å²) in [5, 5.41) is 3.32. The van der Waals surface area contributed by atoms with Crippen LogP contribution in [0, 0.1) is 0 Å². The van der Waals surface area contributed by atoms with Gasteiger partial charge >= 0.3 is 6.18 Å². The zero-order valence-electron chi connectivity index (χ0n) is 15.2. The highest BCUT2D eigenvalue weighted by Gasteiger charge is 2.33. The van der Waals surface area contributed by atoms with Crippen LogP contribution in [-0.2, 0) is 6.18 Å². The molecule has 3 heterocycles. The minimum atomic E-state index is -4.47. The Morgan fingerprint density at radius 2 is 1.86 bits per heavy atom. The first-order valence-electron chi connectivity index (χ1n) is 8.25. The smallest absolute Gasteiger partial charge is 0.425 e. The number of nitrogens with one attached hydrogen (secondary N) is 1. The molecule has 0 atom stereocenters. The lowest BCUT2D eigenvalue weighted by atomic mass is 10.2. The molecule has 0 saturated carbocycles. The maximum absolute atomic E-state index is 13.2. The largest absolute Gasteiger partial charge is 0.493 e. The molecule has 1 aromatic carbocycles. The van der Waals surface area contributed by atoms with Crippen LogP contribution in [0.4, 0.5) is 24.7 Å². The Morgan fingerprint density at radius 3 is 2.52 bits per heavy atom. The van der Waals surface area contributed by atoms with Crippen molar-refractivity contribution >= 4 is 33.1 Å². The van der Waals surface area contributed by atoms with E-state index in [1.807, 2.05) is 0 Å². The lowest BCUT2D eigenvalue weighted by molar-refractivity contribution is -0.134. The number of rotatable bonds is 5. The van der Waals surface area contributed by atoms with Crippen molar-refractivity contribution in [3.8, 4) is 17.4 Å². The molecule has 0 unspecified atom stereocenters. The van der Waals surface area contributed by atoms with Gasteiger partial charge in [0, 0.05) is 24.1 Å². The van der Waals surface area contributed by atoms with Crippen LogP contribution in [0.3, 0.4) is 0 Å². The number of fused-ring (bicyclic) bond motifs is 1. The molecule has 4 rings (SSSR count). The van der Waals surface area contributed by atoms with Gasteiger partial charge in [-0.15, -0.1) is 11.3 Å². The van der Waals surface area contributed by atoms with Crippen LogP contribution in [0.25, 0.3) is 16.2 Å². The molecule has 3 aromatic heterocycles. The third kappa shape index (κ3) is 3.68. The van der Waals surface area contributed by atoms with Crippen molar-refractivity contribution in [1.29, 1.82) is 0 Å². The van der Waals surface area contributed by atoms with E-state index in [1.165, 1.54) is 31.3 Å². The Hall–Kier alpha value is -3.34. The average molecular weight is 421 g/mol. The Labute approximate surface area is 166 Å². The Kier molecular flexibility index (Phi) is 4.74. The number of halogens is 3. The van der Waals surface area contributed by atoms with Crippen molar-refractivity contribution in [2.24, 2.45) is 0 Å². The van der Waals surface area contributed by atoms with E-state index >= 15 is 0 Å². The van der Waals surface area contributed by atoms with E-state index in [0.29, 0.717) is 28.5 Å². The zero-order chi connectivity index (χ0) is 20.6. The fourth-order valence-corrected chi connectivity index (χ4v) is 3.58. The lowest BCUT2D eigenvalue weighted by Gasteiger charge is -2.12. The first-order chi connectivity index (χ1) is 13.9. The van der Waals surface area contributed by atoms with Crippen molar-refractivity contribution < 1.29 is 22.6 Å². The van der Waals surface area contributed by atoms with Crippen LogP contribution in [0.2, 0.25) is 0 Å². The third-order valence-corrected chi connectivity index (χ3v) is 5.12. The zero-order valence-corrected chi connectivity index (χ0v) is 16.0. The first kappa shape index (κ1) is 19.0. The van der Waals surface area contributed by atoms with Gasteiger partial charge < -0.3 is 14.8 Å². The van der Waals surface area contributed by atoms with Crippen molar-refractivity contribution in [2.45, 2.75) is 6.18 Å². The number of hydrogen-bond acceptors (Lipinski definition) is 7. The Morgan fingerprint density at radius 1 is 1.07 bits per heavy atom. The maximum Gasteiger partial charge on any atom is 0.425 e. The van der Waals surface area contributed by atoms with Crippen molar-refractivity contribution in [3.63, 3.8) is 0 Å². The van der Waals surface area contributed by atoms with Crippen LogP contribution in [0.15, 0.2) is 43.0 Å². The minimum absolute atomic E-state index is 0.202. The molecular weight excluding hydrogens is 407 g/mol. The second-order valence-electron chi connectivity index (χ2n) is 5.86. The number of hydrogen-bond donors (Lipinski definition) is 1. The Balaban J connectivity index is 1.84. The molecule has 150 valence electrons. The van der Waals surface area contributed by atoms with Crippen molar-refractivity contribution in [2.75, 3.05) is 19.5 Å². The number of alkyl halides is 3. The minimum Gasteiger partial charge on any atom is -0.493 e. The van der Waals surface area contributed by atoms with Gasteiger partial charge in [-0.05, 0) is 18.2 Å². The van der Waals surface area contributed by atoms with Crippen LogP contribution < -0.4 is 14.8 Å². The van der Waals surface area contributed by atoms with Gasteiger partial charge in [0.1, 0.15) is 21.9 Å². The van der Waals surface area contributed by atoms with Gasteiger partial charge in [-0.25, -0.2) is 9.97 Å². The molecule has 0 aliphatic heterocycles. The summed E-state index contributed by atoms with van der Waals surface area (Å²) in [4.78, 5) is 12.1. The summed E-state index contributed by atoms with van der Waals surface area (Å²) in [6.07, 6.45) is 0.144. The van der Waals surface area contributed by atoms with Gasteiger partial charge in [0.2, 0.25) is 5.95 Å². The summed E-state index contributed by atoms with van der Waals surface area (Å²) in [5.41, 5.74) is 0.569. The number of aromatic nitrogens is 4. The molecule has 7 nitrogen and oxygen atoms in total. The highest BCUT2D eigenvalue weighted by Crippen LogP contribution is 2.40. The average Bonchev–Trinajstić information content (AvgIpc) is 3.37. The van der Waals surface area contributed by atoms with E-state index in [0.717, 1.165) is 6.07 Å². The molecule has 4 aromatic rings. The highest BCUT2D eigenvalue weighted by molar-refractivity contribution is 7.18. The summed E-state index contributed by atoms with van der Waals surface area (Å²) >= 11 is 0.560. The number of methoxy groups -OCH3 is 2. The first-order valence-corrected chi connectivity index (χ1v) is 9.07. The topological polar surface area (TPSA) is 74.1 Å². The summed E-state index contributed by atoms with van der Waals surface area (Å²) in [7, 11) is 3.01. The van der Waals surface area contributed by atoms with E-state index in [-0.39, 0.29) is 22.0 Å². The SMILES string of the molecule is COc1ccc(Nc2nc(-n3ccnc3)nc3sc(C(F)(F)F)cc23)cc1OC. The van der Waals surface area contributed by atoms with Crippen LogP contribution in [-0.4, -0.2) is 33.7 Å². The lowest BCUT2D eigenvalue weighted by Crippen LogP contribution is -2.03. The molecule has 29 heavy (non-hydrogen) atoms. The van der Waals surface area contributed by atoms with Gasteiger partial charge in [0.15, 0.2) is 11.5 Å². The van der Waals surface area contributed by atoms with Gasteiger partial charge in [-0.3, -0.25) is 4.57 Å². The molecule has 0 aliphatic rings.